The van der Waals surface area contributed by atoms with Crippen LogP contribution >= 0.6 is 0 Å². The Hall–Kier alpha value is -1.75. The number of nitriles is 1. The van der Waals surface area contributed by atoms with Gasteiger partial charge in [-0.05, 0) is 30.2 Å². The van der Waals surface area contributed by atoms with Crippen molar-refractivity contribution in [1.29, 1.82) is 5.26 Å². The van der Waals surface area contributed by atoms with Gasteiger partial charge in [0.25, 0.3) is 0 Å². The van der Waals surface area contributed by atoms with Crippen molar-refractivity contribution >= 4 is 11.0 Å². The van der Waals surface area contributed by atoms with Crippen LogP contribution < -0.4 is 0 Å². The molecule has 15 heavy (non-hydrogen) atoms. The predicted molar refractivity (Wildman–Crippen MR) is 59.5 cm³/mol. The number of benzene rings is 1. The second-order valence-electron chi connectivity index (χ2n) is 4.18. The zero-order valence-corrected chi connectivity index (χ0v) is 8.95. The third-order valence-electron chi connectivity index (χ3n) is 2.31. The maximum Gasteiger partial charge on any atom is 0.134 e. The van der Waals surface area contributed by atoms with Crippen LogP contribution in [0.25, 0.3) is 11.0 Å². The first-order valence-corrected chi connectivity index (χ1v) is 5.11. The van der Waals surface area contributed by atoms with E-state index in [0.717, 1.165) is 23.2 Å². The molecule has 1 aromatic heterocycles. The van der Waals surface area contributed by atoms with E-state index in [1.807, 2.05) is 18.2 Å². The predicted octanol–water partition coefficient (Wildman–Crippen LogP) is 3.50. The van der Waals surface area contributed by atoms with Gasteiger partial charge in [-0.25, -0.2) is 0 Å². The van der Waals surface area contributed by atoms with Gasteiger partial charge in [-0.2, -0.15) is 5.26 Å². The number of nitrogens with zero attached hydrogens (tertiary/aromatic N) is 1. The average molecular weight is 199 g/mol. The van der Waals surface area contributed by atoms with E-state index < -0.39 is 0 Å². The highest BCUT2D eigenvalue weighted by Crippen LogP contribution is 2.22. The lowest BCUT2D eigenvalue weighted by Crippen LogP contribution is -1.90. The lowest BCUT2D eigenvalue weighted by Gasteiger charge is -1.98. The van der Waals surface area contributed by atoms with Gasteiger partial charge in [0.1, 0.15) is 11.3 Å². The molecule has 2 heteroatoms. The second kappa shape index (κ2) is 3.78. The third kappa shape index (κ3) is 2.02. The summed E-state index contributed by atoms with van der Waals surface area (Å²) in [6.45, 7) is 4.32. The Balaban J connectivity index is 2.43. The average Bonchev–Trinajstić information content (AvgIpc) is 2.57. The minimum atomic E-state index is 0.584. The highest BCUT2D eigenvalue weighted by atomic mass is 16.3. The minimum absolute atomic E-state index is 0.584. The van der Waals surface area contributed by atoms with Crippen molar-refractivity contribution in [3.05, 3.63) is 35.6 Å². The number of furan rings is 1. The maximum atomic E-state index is 8.77. The zero-order valence-electron chi connectivity index (χ0n) is 8.95. The Kier molecular flexibility index (Phi) is 2.47. The van der Waals surface area contributed by atoms with Crippen LogP contribution in [0.3, 0.4) is 0 Å². The van der Waals surface area contributed by atoms with Crippen molar-refractivity contribution < 1.29 is 4.42 Å². The molecule has 1 heterocycles. The fourth-order valence-electron chi connectivity index (χ4n) is 1.67. The fraction of sp³-hybridized carbons (Fsp3) is 0.308. The van der Waals surface area contributed by atoms with Crippen molar-refractivity contribution in [2.24, 2.45) is 5.92 Å². The summed E-state index contributed by atoms with van der Waals surface area (Å²) in [5.41, 5.74) is 1.55. The standard InChI is InChI=1S/C13H13NO/c1-9(2)5-12-7-11-6-10(8-14)3-4-13(11)15-12/h3-4,6-7,9H,5H2,1-2H3. The Bertz CT molecular complexity index is 517. The fourth-order valence-corrected chi connectivity index (χ4v) is 1.67. The maximum absolute atomic E-state index is 8.77. The minimum Gasteiger partial charge on any atom is -0.461 e. The molecule has 2 rings (SSSR count). The van der Waals surface area contributed by atoms with E-state index >= 15 is 0 Å². The van der Waals surface area contributed by atoms with Gasteiger partial charge in [0.2, 0.25) is 0 Å². The Morgan fingerprint density at radius 3 is 2.80 bits per heavy atom. The highest BCUT2D eigenvalue weighted by Gasteiger charge is 2.06. The van der Waals surface area contributed by atoms with Crippen molar-refractivity contribution in [2.45, 2.75) is 20.3 Å². The molecule has 0 unspecified atom stereocenters. The third-order valence-corrected chi connectivity index (χ3v) is 2.31. The molecule has 0 saturated carbocycles. The molecule has 0 fully saturated rings. The van der Waals surface area contributed by atoms with Gasteiger partial charge in [-0.1, -0.05) is 13.8 Å². The monoisotopic (exact) mass is 199 g/mol. The van der Waals surface area contributed by atoms with Crippen LogP contribution in [0.2, 0.25) is 0 Å². The van der Waals surface area contributed by atoms with Gasteiger partial charge < -0.3 is 4.42 Å². The van der Waals surface area contributed by atoms with Crippen LogP contribution in [0.4, 0.5) is 0 Å². The van der Waals surface area contributed by atoms with Gasteiger partial charge in [-0.3, -0.25) is 0 Å². The molecule has 2 aromatic rings. The highest BCUT2D eigenvalue weighted by molar-refractivity contribution is 5.79. The van der Waals surface area contributed by atoms with E-state index in [1.165, 1.54) is 0 Å². The quantitative estimate of drug-likeness (QED) is 0.742. The molecule has 0 amide bonds. The van der Waals surface area contributed by atoms with E-state index in [0.29, 0.717) is 11.5 Å². The molecule has 1 aromatic carbocycles. The summed E-state index contributed by atoms with van der Waals surface area (Å²) in [5, 5.41) is 9.79. The number of hydrogen-bond acceptors (Lipinski definition) is 2. The zero-order chi connectivity index (χ0) is 10.8. The van der Waals surface area contributed by atoms with E-state index in [2.05, 4.69) is 19.9 Å². The van der Waals surface area contributed by atoms with E-state index in [4.69, 9.17) is 9.68 Å². The topological polar surface area (TPSA) is 36.9 Å². The molecule has 0 radical (unpaired) electrons. The summed E-state index contributed by atoms with van der Waals surface area (Å²) in [4.78, 5) is 0. The smallest absolute Gasteiger partial charge is 0.134 e. The molecule has 0 aliphatic rings. The van der Waals surface area contributed by atoms with Gasteiger partial charge in [0.05, 0.1) is 11.6 Å². The largest absolute Gasteiger partial charge is 0.461 e. The van der Waals surface area contributed by atoms with Gasteiger partial charge in [-0.15, -0.1) is 0 Å². The SMILES string of the molecule is CC(C)Cc1cc2cc(C#N)ccc2o1. The lowest BCUT2D eigenvalue weighted by atomic mass is 10.1. The Morgan fingerprint density at radius 1 is 1.33 bits per heavy atom. The van der Waals surface area contributed by atoms with Gasteiger partial charge >= 0.3 is 0 Å². The number of fused-ring (bicyclic) bond motifs is 1. The van der Waals surface area contributed by atoms with Crippen molar-refractivity contribution in [1.82, 2.24) is 0 Å². The summed E-state index contributed by atoms with van der Waals surface area (Å²) in [5.74, 6) is 1.58. The molecule has 76 valence electrons. The number of rotatable bonds is 2. The molecule has 2 nitrogen and oxygen atoms in total. The van der Waals surface area contributed by atoms with Gasteiger partial charge in [0.15, 0.2) is 0 Å². The molecule has 0 N–H and O–H groups in total. The Labute approximate surface area is 89.1 Å². The summed E-state index contributed by atoms with van der Waals surface area (Å²) >= 11 is 0. The van der Waals surface area contributed by atoms with E-state index in [9.17, 15) is 0 Å². The molecule has 0 aliphatic heterocycles. The van der Waals surface area contributed by atoms with Crippen LogP contribution in [0.15, 0.2) is 28.7 Å². The van der Waals surface area contributed by atoms with Crippen LogP contribution in [0.1, 0.15) is 25.2 Å². The first kappa shape index (κ1) is 9.79. The van der Waals surface area contributed by atoms with Crippen LogP contribution in [0, 0.1) is 17.2 Å². The second-order valence-corrected chi connectivity index (χ2v) is 4.18. The van der Waals surface area contributed by atoms with Crippen LogP contribution in [-0.4, -0.2) is 0 Å². The molecular weight excluding hydrogens is 186 g/mol. The molecule has 0 spiro atoms. The van der Waals surface area contributed by atoms with Crippen LogP contribution in [-0.2, 0) is 6.42 Å². The summed E-state index contributed by atoms with van der Waals surface area (Å²) in [6, 6.07) is 9.66. The van der Waals surface area contributed by atoms with Crippen molar-refractivity contribution in [2.75, 3.05) is 0 Å². The summed E-state index contributed by atoms with van der Waals surface area (Å²) in [7, 11) is 0. The molecule has 0 aliphatic carbocycles. The molecular formula is C13H13NO. The first-order chi connectivity index (χ1) is 7.19. The van der Waals surface area contributed by atoms with Gasteiger partial charge in [0, 0.05) is 11.8 Å². The van der Waals surface area contributed by atoms with Crippen molar-refractivity contribution in [3.8, 4) is 6.07 Å². The molecule has 0 saturated heterocycles. The molecule has 0 bridgehead atoms. The van der Waals surface area contributed by atoms with E-state index in [-0.39, 0.29) is 0 Å². The number of hydrogen-bond donors (Lipinski definition) is 0. The summed E-state index contributed by atoms with van der Waals surface area (Å²) in [6.07, 6.45) is 0.941. The van der Waals surface area contributed by atoms with E-state index in [1.54, 1.807) is 6.07 Å². The normalized spacial score (nSPS) is 10.8. The van der Waals surface area contributed by atoms with Crippen molar-refractivity contribution in [3.63, 3.8) is 0 Å². The summed E-state index contributed by atoms with van der Waals surface area (Å²) < 4.78 is 5.67. The van der Waals surface area contributed by atoms with Crippen LogP contribution in [0.5, 0.6) is 0 Å². The Morgan fingerprint density at radius 2 is 2.13 bits per heavy atom. The lowest BCUT2D eigenvalue weighted by molar-refractivity contribution is 0.500. The first-order valence-electron chi connectivity index (χ1n) is 5.11. The molecule has 0 atom stereocenters.